The van der Waals surface area contributed by atoms with E-state index in [1.807, 2.05) is 37.4 Å². The largest absolute Gasteiger partial charge is 0.473 e. The Morgan fingerprint density at radius 3 is 2.62 bits per heavy atom. The van der Waals surface area contributed by atoms with Crippen molar-refractivity contribution in [2.24, 2.45) is 5.92 Å². The van der Waals surface area contributed by atoms with Gasteiger partial charge in [-0.3, -0.25) is 19.3 Å². The van der Waals surface area contributed by atoms with E-state index in [1.54, 1.807) is 7.05 Å². The minimum atomic E-state index is -1.69. The molecule has 0 radical (unpaired) electrons. The maximum absolute atomic E-state index is 14.3. The van der Waals surface area contributed by atoms with Crippen LogP contribution in [0.4, 0.5) is 14.5 Å². The number of nitriles is 1. The Morgan fingerprint density at radius 2 is 1.93 bits per heavy atom. The third-order valence-electron chi connectivity index (χ3n) is 9.25. The number of nitrogens with zero attached hydrogens (tertiary/aromatic N) is 4. The second-order valence-electron chi connectivity index (χ2n) is 12.0. The van der Waals surface area contributed by atoms with Crippen molar-refractivity contribution in [2.45, 2.75) is 68.3 Å². The van der Waals surface area contributed by atoms with Crippen LogP contribution in [0.2, 0.25) is 0 Å². The van der Waals surface area contributed by atoms with E-state index in [0.717, 1.165) is 30.9 Å². The summed E-state index contributed by atoms with van der Waals surface area (Å²) < 4.78 is 34.1. The van der Waals surface area contributed by atoms with E-state index in [2.05, 4.69) is 16.3 Å². The monoisotopic (exact) mass is 577 g/mol. The minimum absolute atomic E-state index is 0.0899. The van der Waals surface area contributed by atoms with Gasteiger partial charge in [0, 0.05) is 31.6 Å². The average Bonchev–Trinajstić information content (AvgIpc) is 3.61. The molecule has 2 saturated heterocycles. The number of ether oxygens (including phenoxy) is 1. The second-order valence-corrected chi connectivity index (χ2v) is 12.0. The van der Waals surface area contributed by atoms with Gasteiger partial charge >= 0.3 is 0 Å². The number of carbonyl (C=O) groups is 3. The number of benzene rings is 2. The molecule has 2 aromatic carbocycles. The first-order valence-corrected chi connectivity index (χ1v) is 14.3. The van der Waals surface area contributed by atoms with Crippen LogP contribution in [0.25, 0.3) is 0 Å². The van der Waals surface area contributed by atoms with Crippen molar-refractivity contribution in [3.05, 3.63) is 59.7 Å². The van der Waals surface area contributed by atoms with Crippen molar-refractivity contribution in [1.29, 1.82) is 5.26 Å². The Morgan fingerprint density at radius 1 is 1.19 bits per heavy atom. The number of anilines is 1. The zero-order valence-corrected chi connectivity index (χ0v) is 23.6. The molecule has 1 spiro atoms. The maximum atomic E-state index is 14.3. The number of likely N-dealkylation sites (N-methyl/N-ethyl adjacent to an activating group) is 2. The van der Waals surface area contributed by atoms with Crippen molar-refractivity contribution >= 4 is 23.4 Å². The van der Waals surface area contributed by atoms with Crippen LogP contribution in [0.1, 0.15) is 50.1 Å². The van der Waals surface area contributed by atoms with E-state index in [-0.39, 0.29) is 42.3 Å². The highest BCUT2D eigenvalue weighted by molar-refractivity contribution is 6.02. The molecule has 3 aliphatic heterocycles. The standard InChI is InChI=1S/C31H33F2N5O4/c1-36-23(19-6-4-3-5-7-19)10-11-24(36)28(39)37(2)25(12-18-8-9-18)29(40)38-17-31(15-21(38)16-34)30(41)35-27-22(33)13-20(32)14-26(27)42-31/h3-7,13-14,18,21,23-25H,8-12,15,17H2,1-2H3,(H,35,41)/t21-,23-,24-,25-,31+/m0/s1. The van der Waals surface area contributed by atoms with Gasteiger partial charge in [-0.1, -0.05) is 43.2 Å². The lowest BCUT2D eigenvalue weighted by Gasteiger charge is -2.36. The Kier molecular flexibility index (Phi) is 7.13. The van der Waals surface area contributed by atoms with Crippen molar-refractivity contribution < 1.29 is 27.9 Å². The molecule has 42 heavy (non-hydrogen) atoms. The van der Waals surface area contributed by atoms with Crippen molar-refractivity contribution in [3.8, 4) is 11.8 Å². The second kappa shape index (κ2) is 10.7. The molecule has 1 N–H and O–H groups in total. The lowest BCUT2D eigenvalue weighted by atomic mass is 9.97. The molecule has 0 aromatic heterocycles. The van der Waals surface area contributed by atoms with E-state index in [4.69, 9.17) is 4.74 Å². The van der Waals surface area contributed by atoms with E-state index >= 15 is 0 Å². The van der Waals surface area contributed by atoms with Gasteiger partial charge in [0.25, 0.3) is 5.91 Å². The highest BCUT2D eigenvalue weighted by atomic mass is 19.1. The molecule has 0 bridgehead atoms. The number of carbonyl (C=O) groups excluding carboxylic acids is 3. The lowest BCUT2D eigenvalue weighted by Crippen LogP contribution is -2.56. The van der Waals surface area contributed by atoms with Gasteiger partial charge in [-0.15, -0.1) is 0 Å². The van der Waals surface area contributed by atoms with E-state index in [1.165, 1.54) is 9.80 Å². The van der Waals surface area contributed by atoms with Gasteiger partial charge in [0.05, 0.1) is 18.7 Å². The molecule has 1 aliphatic carbocycles. The summed E-state index contributed by atoms with van der Waals surface area (Å²) in [7, 11) is 3.56. The Balaban J connectivity index is 1.23. The molecule has 2 aromatic rings. The number of amides is 3. The molecule has 0 unspecified atom stereocenters. The first kappa shape index (κ1) is 28.1. The minimum Gasteiger partial charge on any atom is -0.473 e. The fraction of sp³-hybridized carbons (Fsp3) is 0.484. The van der Waals surface area contributed by atoms with Crippen LogP contribution in [-0.2, 0) is 14.4 Å². The topological polar surface area (TPSA) is 106 Å². The highest BCUT2D eigenvalue weighted by Gasteiger charge is 2.57. The van der Waals surface area contributed by atoms with Gasteiger partial charge in [-0.25, -0.2) is 8.78 Å². The Labute approximate surface area is 243 Å². The molecule has 3 heterocycles. The van der Waals surface area contributed by atoms with Gasteiger partial charge in [-0.05, 0) is 37.8 Å². The SMILES string of the molecule is CN(C(=O)[C@@H]1CC[C@@H](c2ccccc2)N1C)[C@@H](CC1CC1)C(=O)N1C[C@@]2(C[C@H]1C#N)Oc1cc(F)cc(F)c1NC2=O. The number of hydrogen-bond donors (Lipinski definition) is 1. The molecule has 6 rings (SSSR count). The van der Waals surface area contributed by atoms with E-state index in [0.29, 0.717) is 18.9 Å². The maximum Gasteiger partial charge on any atom is 0.270 e. The molecule has 1 saturated carbocycles. The van der Waals surface area contributed by atoms with Gasteiger partial charge in [0.15, 0.2) is 11.6 Å². The quantitative estimate of drug-likeness (QED) is 0.562. The average molecular weight is 578 g/mol. The van der Waals surface area contributed by atoms with E-state index < -0.39 is 47.2 Å². The number of fused-ring (bicyclic) bond motifs is 1. The van der Waals surface area contributed by atoms with Gasteiger partial charge in [0.1, 0.15) is 23.6 Å². The van der Waals surface area contributed by atoms with Crippen molar-refractivity contribution in [3.63, 3.8) is 0 Å². The summed E-state index contributed by atoms with van der Waals surface area (Å²) in [6.45, 7) is -0.282. The van der Waals surface area contributed by atoms with Crippen molar-refractivity contribution in [1.82, 2.24) is 14.7 Å². The van der Waals surface area contributed by atoms with Crippen LogP contribution in [0.15, 0.2) is 42.5 Å². The number of hydrogen-bond acceptors (Lipinski definition) is 6. The molecular formula is C31H33F2N5O4. The summed E-state index contributed by atoms with van der Waals surface area (Å²) in [6, 6.07) is 11.6. The summed E-state index contributed by atoms with van der Waals surface area (Å²) >= 11 is 0. The van der Waals surface area contributed by atoms with Gasteiger partial charge in [-0.2, -0.15) is 5.26 Å². The molecule has 3 amide bonds. The smallest absolute Gasteiger partial charge is 0.270 e. The van der Waals surface area contributed by atoms with Crippen LogP contribution in [-0.4, -0.2) is 76.8 Å². The first-order chi connectivity index (χ1) is 20.1. The number of likely N-dealkylation sites (tertiary alicyclic amines) is 2. The molecule has 4 aliphatic rings. The highest BCUT2D eigenvalue weighted by Crippen LogP contribution is 2.43. The number of halogens is 2. The molecular weight excluding hydrogens is 544 g/mol. The third kappa shape index (κ3) is 4.87. The molecule has 9 nitrogen and oxygen atoms in total. The third-order valence-corrected chi connectivity index (χ3v) is 9.25. The molecule has 220 valence electrons. The lowest BCUT2D eigenvalue weighted by molar-refractivity contribution is -0.148. The molecule has 3 fully saturated rings. The summed E-state index contributed by atoms with van der Waals surface area (Å²) in [5.41, 5.74) is -0.837. The summed E-state index contributed by atoms with van der Waals surface area (Å²) in [4.78, 5) is 46.1. The van der Waals surface area contributed by atoms with Gasteiger partial charge in [0.2, 0.25) is 17.4 Å². The molecule has 11 heteroatoms. The van der Waals surface area contributed by atoms with Crippen molar-refractivity contribution in [2.75, 3.05) is 26.0 Å². The van der Waals surface area contributed by atoms with Crippen LogP contribution in [0.3, 0.4) is 0 Å². The van der Waals surface area contributed by atoms with Crippen LogP contribution in [0, 0.1) is 28.9 Å². The number of nitrogens with one attached hydrogen (secondary N) is 1. The van der Waals surface area contributed by atoms with Crippen LogP contribution >= 0.6 is 0 Å². The normalized spacial score (nSPS) is 27.6. The van der Waals surface area contributed by atoms with Crippen LogP contribution in [0.5, 0.6) is 5.75 Å². The fourth-order valence-corrected chi connectivity index (χ4v) is 6.68. The fourth-order valence-electron chi connectivity index (χ4n) is 6.68. The summed E-state index contributed by atoms with van der Waals surface area (Å²) in [5.74, 6) is -3.08. The number of rotatable bonds is 6. The molecule has 5 atom stereocenters. The first-order valence-electron chi connectivity index (χ1n) is 14.3. The summed E-state index contributed by atoms with van der Waals surface area (Å²) in [5, 5.41) is 12.4. The van der Waals surface area contributed by atoms with Gasteiger partial charge < -0.3 is 19.9 Å². The summed E-state index contributed by atoms with van der Waals surface area (Å²) in [6.07, 6.45) is 3.65. The van der Waals surface area contributed by atoms with E-state index in [9.17, 15) is 28.4 Å². The Bertz CT molecular complexity index is 1460. The predicted molar refractivity (Wildman–Crippen MR) is 148 cm³/mol. The Hall–Kier alpha value is -4.04. The van der Waals surface area contributed by atoms with Crippen LogP contribution < -0.4 is 10.1 Å². The zero-order valence-electron chi connectivity index (χ0n) is 23.6. The zero-order chi connectivity index (χ0) is 29.8. The predicted octanol–water partition coefficient (Wildman–Crippen LogP) is 3.62.